The molecule has 364 valence electrons. The summed E-state index contributed by atoms with van der Waals surface area (Å²) in [6.07, 6.45) is 13.4. The first-order valence-corrected chi connectivity index (χ1v) is 26.5. The minimum absolute atomic E-state index is 0.132. The summed E-state index contributed by atoms with van der Waals surface area (Å²) in [6.45, 7) is 6.52. The van der Waals surface area contributed by atoms with Crippen LogP contribution in [-0.4, -0.2) is 142 Å². The van der Waals surface area contributed by atoms with Crippen molar-refractivity contribution in [2.75, 3.05) is 82.9 Å². The minimum atomic E-state index is -3.37. The van der Waals surface area contributed by atoms with Crippen molar-refractivity contribution >= 4 is 54.4 Å². The highest BCUT2D eigenvalue weighted by molar-refractivity contribution is 7.91. The lowest BCUT2D eigenvalue weighted by Crippen LogP contribution is -2.52. The highest BCUT2D eigenvalue weighted by Gasteiger charge is 2.37. The maximum absolute atomic E-state index is 14.6. The van der Waals surface area contributed by atoms with Gasteiger partial charge in [0.1, 0.15) is 34.8 Å². The Morgan fingerprint density at radius 1 is 0.571 bits per heavy atom. The Hall–Kier alpha value is -7.08. The molecule has 2 fully saturated rings. The number of hydrogen-bond acceptors (Lipinski definition) is 20. The number of rotatable bonds is 12. The van der Waals surface area contributed by atoms with Gasteiger partial charge in [-0.25, -0.2) is 71.1 Å². The van der Waals surface area contributed by atoms with Crippen molar-refractivity contribution in [3.8, 4) is 23.3 Å². The number of carbonyl (C=O) groups is 2. The zero-order valence-electron chi connectivity index (χ0n) is 38.6. The van der Waals surface area contributed by atoms with Crippen LogP contribution in [0.2, 0.25) is 0 Å². The van der Waals surface area contributed by atoms with Crippen molar-refractivity contribution in [3.63, 3.8) is 0 Å². The molecule has 6 aromatic rings. The van der Waals surface area contributed by atoms with Crippen molar-refractivity contribution in [2.45, 2.75) is 38.8 Å². The van der Waals surface area contributed by atoms with Gasteiger partial charge in [0, 0.05) is 143 Å². The molecule has 20 nitrogen and oxygen atoms in total. The van der Waals surface area contributed by atoms with Gasteiger partial charge in [0.05, 0.1) is 35.3 Å². The van der Waals surface area contributed by atoms with Gasteiger partial charge in [-0.3, -0.25) is 9.59 Å². The van der Waals surface area contributed by atoms with E-state index < -0.39 is 42.9 Å². The first-order valence-electron chi connectivity index (χ1n) is 22.4. The molecule has 0 bridgehead atoms. The molecular formula is C46H48F2N14O6S2. The van der Waals surface area contributed by atoms with Gasteiger partial charge in [-0.15, -0.1) is 0 Å². The molecule has 0 spiro atoms. The molecule has 2 atom stereocenters. The minimum Gasteiger partial charge on any atom is -0.370 e. The number of ketones is 2. The number of anilines is 4. The van der Waals surface area contributed by atoms with Crippen LogP contribution < -0.4 is 19.6 Å². The number of Topliss-reactive ketones (excluding diaryl/α,β-unsaturated/α-hetero) is 2. The number of aromatic nitrogens is 10. The summed E-state index contributed by atoms with van der Waals surface area (Å²) >= 11 is 0. The predicted octanol–water partition coefficient (Wildman–Crippen LogP) is 3.28. The monoisotopic (exact) mass is 994 g/mol. The molecule has 4 aliphatic rings. The molecule has 0 radical (unpaired) electrons. The molecule has 24 heteroatoms. The summed E-state index contributed by atoms with van der Waals surface area (Å²) in [4.78, 5) is 75.7. The van der Waals surface area contributed by atoms with Crippen molar-refractivity contribution in [2.24, 2.45) is 11.8 Å². The largest absolute Gasteiger partial charge is 0.370 e. The zero-order chi connectivity index (χ0) is 49.5. The second-order valence-electron chi connectivity index (χ2n) is 17.9. The van der Waals surface area contributed by atoms with Gasteiger partial charge in [0.15, 0.2) is 54.5 Å². The number of pyridine rings is 2. The Morgan fingerprint density at radius 3 is 1.49 bits per heavy atom. The lowest BCUT2D eigenvalue weighted by Gasteiger charge is -2.41. The number of sulfone groups is 2. The first kappa shape index (κ1) is 48.0. The fourth-order valence-electron chi connectivity index (χ4n) is 8.89. The quantitative estimate of drug-likeness (QED) is 0.160. The van der Waals surface area contributed by atoms with Crippen molar-refractivity contribution in [1.29, 1.82) is 0 Å². The van der Waals surface area contributed by atoms with E-state index in [1.807, 2.05) is 28.5 Å². The molecule has 0 N–H and O–H groups in total. The summed E-state index contributed by atoms with van der Waals surface area (Å²) in [5.74, 6) is -0.113. The summed E-state index contributed by atoms with van der Waals surface area (Å²) in [5, 5.41) is 0. The van der Waals surface area contributed by atoms with E-state index in [1.54, 1.807) is 60.3 Å². The standard InChI is InChI=1S/2C23H24FN7O3S/c1-14-17-10-27-23(22-25-5-3-6-26-22)28-18(17)4-7-31(14)21-9-16(8-20(24)29-21)30-11-15(12-30)19(32)13-35(2,33)34;1-14-17-10-27-23(22-25-5-3-6-26-22)28-18(17)4-7-31(14)21-9-16(24)8-20(29-21)30-11-15(12-30)19(32)13-35(2,33)34/h2*3,5-6,8-10,14-15H,4,7,11-13H2,1-2H3. The number of hydrogen-bond donors (Lipinski definition) is 0. The Morgan fingerprint density at radius 2 is 1.01 bits per heavy atom. The summed E-state index contributed by atoms with van der Waals surface area (Å²) in [5.41, 5.74) is 4.27. The van der Waals surface area contributed by atoms with Crippen LogP contribution in [0.3, 0.4) is 0 Å². The molecular weight excluding hydrogens is 947 g/mol. The molecule has 0 aromatic carbocycles. The lowest BCUT2D eigenvalue weighted by molar-refractivity contribution is -0.121. The fraction of sp³-hybridized carbons (Fsp3) is 0.391. The average Bonchev–Trinajstić information content (AvgIpc) is 3.27. The van der Waals surface area contributed by atoms with E-state index >= 15 is 0 Å². The average molecular weight is 995 g/mol. The van der Waals surface area contributed by atoms with Gasteiger partial charge in [0.25, 0.3) is 0 Å². The van der Waals surface area contributed by atoms with E-state index in [4.69, 9.17) is 0 Å². The smallest absolute Gasteiger partial charge is 0.216 e. The number of fused-ring (bicyclic) bond motifs is 2. The van der Waals surface area contributed by atoms with Crippen LogP contribution in [0.1, 0.15) is 48.4 Å². The van der Waals surface area contributed by atoms with Crippen LogP contribution in [0.15, 0.2) is 73.6 Å². The van der Waals surface area contributed by atoms with Crippen LogP contribution in [0.5, 0.6) is 0 Å². The summed E-state index contributed by atoms with van der Waals surface area (Å²) in [6, 6.07) is 9.06. The van der Waals surface area contributed by atoms with Crippen molar-refractivity contribution < 1.29 is 35.2 Å². The van der Waals surface area contributed by atoms with Gasteiger partial charge in [-0.05, 0) is 26.0 Å². The van der Waals surface area contributed by atoms with E-state index in [9.17, 15) is 35.2 Å². The Balaban J connectivity index is 0.000000174. The predicted molar refractivity (Wildman–Crippen MR) is 254 cm³/mol. The molecule has 2 saturated heterocycles. The summed E-state index contributed by atoms with van der Waals surface area (Å²) < 4.78 is 74.6. The maximum Gasteiger partial charge on any atom is 0.216 e. The third-order valence-electron chi connectivity index (χ3n) is 12.6. The van der Waals surface area contributed by atoms with Gasteiger partial charge in [-0.2, -0.15) is 4.39 Å². The van der Waals surface area contributed by atoms with Gasteiger partial charge in [-0.1, -0.05) is 0 Å². The van der Waals surface area contributed by atoms with Crippen LogP contribution in [0.25, 0.3) is 23.3 Å². The molecule has 0 amide bonds. The molecule has 0 saturated carbocycles. The first-order chi connectivity index (χ1) is 33.4. The highest BCUT2D eigenvalue weighted by Crippen LogP contribution is 2.37. The zero-order valence-corrected chi connectivity index (χ0v) is 40.2. The second-order valence-corrected chi connectivity index (χ2v) is 22.1. The highest BCUT2D eigenvalue weighted by atomic mass is 32.2. The second kappa shape index (κ2) is 19.4. The van der Waals surface area contributed by atoms with Crippen molar-refractivity contribution in [3.05, 3.63) is 108 Å². The van der Waals surface area contributed by atoms with Gasteiger partial charge < -0.3 is 19.6 Å². The Labute approximate surface area is 402 Å². The SMILES string of the molecule is CC1c2cnc(-c3ncccn3)nc2CCN1c1cc(F)cc(N2CC(C(=O)CS(C)(=O)=O)C2)n1.CC1c2cnc(-c3ncccn3)nc2CCN1c1cc(N2CC(C(=O)CS(C)(=O)=O)C2)cc(F)n1. The fourth-order valence-corrected chi connectivity index (χ4v) is 10.4. The number of halogens is 2. The topological polar surface area (TPSA) is 244 Å². The molecule has 10 rings (SSSR count). The molecule has 0 aliphatic carbocycles. The van der Waals surface area contributed by atoms with Crippen LogP contribution in [0.4, 0.5) is 31.9 Å². The molecule has 4 aliphatic heterocycles. The van der Waals surface area contributed by atoms with Crippen molar-refractivity contribution in [1.82, 2.24) is 49.8 Å². The van der Waals surface area contributed by atoms with E-state index in [-0.39, 0.29) is 35.5 Å². The number of carbonyl (C=O) groups excluding carboxylic acids is 2. The van der Waals surface area contributed by atoms with E-state index in [0.29, 0.717) is 98.5 Å². The van der Waals surface area contributed by atoms with Gasteiger partial charge in [0.2, 0.25) is 5.95 Å². The van der Waals surface area contributed by atoms with E-state index in [1.165, 1.54) is 18.2 Å². The van der Waals surface area contributed by atoms with E-state index in [0.717, 1.165) is 35.0 Å². The lowest BCUT2D eigenvalue weighted by atomic mass is 9.95. The van der Waals surface area contributed by atoms with Gasteiger partial charge >= 0.3 is 0 Å². The molecule has 10 heterocycles. The Kier molecular flexibility index (Phi) is 13.3. The third-order valence-corrected chi connectivity index (χ3v) is 14.3. The normalized spacial score (nSPS) is 18.2. The molecule has 70 heavy (non-hydrogen) atoms. The van der Waals surface area contributed by atoms with Crippen LogP contribution in [0, 0.1) is 23.6 Å². The van der Waals surface area contributed by atoms with E-state index in [2.05, 4.69) is 49.8 Å². The molecule has 6 aromatic heterocycles. The Bertz CT molecular complexity index is 2970. The maximum atomic E-state index is 14.6. The van der Waals surface area contributed by atoms with Crippen LogP contribution in [-0.2, 0) is 42.1 Å². The number of nitrogens with zero attached hydrogens (tertiary/aromatic N) is 14. The summed E-state index contributed by atoms with van der Waals surface area (Å²) in [7, 11) is -6.74. The van der Waals surface area contributed by atoms with Crippen LogP contribution >= 0.6 is 0 Å². The third kappa shape index (κ3) is 10.7. The molecule has 2 unspecified atom stereocenters.